The Morgan fingerprint density at radius 3 is 2.52 bits per heavy atom. The van der Waals surface area contributed by atoms with E-state index in [4.69, 9.17) is 11.6 Å². The van der Waals surface area contributed by atoms with E-state index in [9.17, 15) is 5.26 Å². The van der Waals surface area contributed by atoms with Crippen LogP contribution in [0.1, 0.15) is 11.1 Å². The molecule has 0 N–H and O–H groups in total. The highest BCUT2D eigenvalue weighted by Crippen LogP contribution is 2.27. The molecule has 0 aliphatic carbocycles. The second-order valence-corrected chi connectivity index (χ2v) is 6.19. The quantitative estimate of drug-likeness (QED) is 0.631. The lowest BCUT2D eigenvalue weighted by Crippen LogP contribution is -1.93. The Balaban J connectivity index is 1.85. The third-order valence-corrected chi connectivity index (χ3v) is 4.51. The predicted molar refractivity (Wildman–Crippen MR) is 93.2 cm³/mol. The number of hydrogen-bond acceptors (Lipinski definition) is 4. The Labute approximate surface area is 144 Å². The van der Waals surface area contributed by atoms with E-state index in [1.54, 1.807) is 12.3 Å². The van der Waals surface area contributed by atoms with Gasteiger partial charge in [0.05, 0.1) is 17.0 Å². The van der Waals surface area contributed by atoms with Gasteiger partial charge in [0.25, 0.3) is 0 Å². The van der Waals surface area contributed by atoms with E-state index in [1.165, 1.54) is 11.8 Å². The van der Waals surface area contributed by atoms with Gasteiger partial charge in [-0.1, -0.05) is 29.8 Å². The Morgan fingerprint density at radius 2 is 1.83 bits per heavy atom. The molecule has 0 fully saturated rings. The summed E-state index contributed by atoms with van der Waals surface area (Å²) < 4.78 is 0. The van der Waals surface area contributed by atoms with E-state index < -0.39 is 0 Å². The summed E-state index contributed by atoms with van der Waals surface area (Å²) in [5.74, 6) is 0.727. The number of thioether (sulfide) groups is 1. The van der Waals surface area contributed by atoms with Gasteiger partial charge in [0, 0.05) is 17.0 Å². The summed E-state index contributed by atoms with van der Waals surface area (Å²) in [4.78, 5) is 8.90. The van der Waals surface area contributed by atoms with Gasteiger partial charge >= 0.3 is 0 Å². The zero-order chi connectivity index (χ0) is 16.1. The van der Waals surface area contributed by atoms with Crippen LogP contribution in [0.4, 0.5) is 0 Å². The minimum Gasteiger partial charge on any atom is -0.255 e. The molecule has 3 rings (SSSR count). The second kappa shape index (κ2) is 7.28. The van der Waals surface area contributed by atoms with Crippen LogP contribution in [-0.4, -0.2) is 9.97 Å². The largest absolute Gasteiger partial charge is 0.255 e. The first kappa shape index (κ1) is 15.5. The van der Waals surface area contributed by atoms with Crippen LogP contribution < -0.4 is 0 Å². The zero-order valence-electron chi connectivity index (χ0n) is 12.1. The maximum atomic E-state index is 9.28. The molecule has 0 spiro atoms. The fourth-order valence-corrected chi connectivity index (χ4v) is 3.08. The van der Waals surface area contributed by atoms with Crippen molar-refractivity contribution in [3.8, 4) is 17.5 Å². The summed E-state index contributed by atoms with van der Waals surface area (Å²) >= 11 is 7.43. The third-order valence-electron chi connectivity index (χ3n) is 3.20. The highest BCUT2D eigenvalue weighted by atomic mass is 35.5. The maximum Gasteiger partial charge on any atom is 0.115 e. The van der Waals surface area contributed by atoms with Crippen LogP contribution in [0.5, 0.6) is 0 Å². The maximum absolute atomic E-state index is 9.28. The number of nitrogens with zero attached hydrogens (tertiary/aromatic N) is 3. The number of hydrogen-bond donors (Lipinski definition) is 0. The van der Waals surface area contributed by atoms with Crippen LogP contribution in [0.3, 0.4) is 0 Å². The van der Waals surface area contributed by atoms with Crippen LogP contribution in [0.2, 0.25) is 5.02 Å². The number of halogens is 1. The lowest BCUT2D eigenvalue weighted by Gasteiger charge is -2.06. The molecule has 5 heteroatoms. The van der Waals surface area contributed by atoms with Crippen molar-refractivity contribution >= 4 is 23.4 Å². The lowest BCUT2D eigenvalue weighted by molar-refractivity contribution is 1.10. The molecule has 1 aromatic carbocycles. The zero-order valence-corrected chi connectivity index (χ0v) is 13.7. The highest BCUT2D eigenvalue weighted by molar-refractivity contribution is 7.98. The molecule has 3 nitrogen and oxygen atoms in total. The van der Waals surface area contributed by atoms with Gasteiger partial charge in [-0.3, -0.25) is 4.98 Å². The summed E-state index contributed by atoms with van der Waals surface area (Å²) in [5, 5.41) is 10.7. The molecule has 0 amide bonds. The minimum absolute atomic E-state index is 0.573. The molecule has 23 heavy (non-hydrogen) atoms. The van der Waals surface area contributed by atoms with Crippen LogP contribution >= 0.6 is 23.4 Å². The van der Waals surface area contributed by atoms with E-state index in [1.807, 2.05) is 48.5 Å². The first-order valence-corrected chi connectivity index (χ1v) is 8.32. The smallest absolute Gasteiger partial charge is 0.115 e. The normalized spacial score (nSPS) is 10.3. The van der Waals surface area contributed by atoms with Crippen molar-refractivity contribution in [3.63, 3.8) is 0 Å². The van der Waals surface area contributed by atoms with Gasteiger partial charge in [-0.25, -0.2) is 4.98 Å². The van der Waals surface area contributed by atoms with Crippen molar-refractivity contribution in [1.29, 1.82) is 5.26 Å². The van der Waals surface area contributed by atoms with Crippen LogP contribution in [-0.2, 0) is 5.75 Å². The monoisotopic (exact) mass is 337 g/mol. The van der Waals surface area contributed by atoms with Crippen molar-refractivity contribution in [1.82, 2.24) is 9.97 Å². The topological polar surface area (TPSA) is 49.6 Å². The lowest BCUT2D eigenvalue weighted by atomic mass is 10.2. The molecule has 0 radical (unpaired) electrons. The third kappa shape index (κ3) is 3.89. The van der Waals surface area contributed by atoms with Gasteiger partial charge in [-0.2, -0.15) is 5.26 Å². The van der Waals surface area contributed by atoms with E-state index in [0.29, 0.717) is 15.6 Å². The average Bonchev–Trinajstić information content (AvgIpc) is 2.62. The molecule has 0 aliphatic rings. The number of nitriles is 1. The molecule has 0 saturated heterocycles. The van der Waals surface area contributed by atoms with Crippen LogP contribution in [0, 0.1) is 11.3 Å². The van der Waals surface area contributed by atoms with Crippen molar-refractivity contribution in [2.45, 2.75) is 10.8 Å². The fraction of sp³-hybridized carbons (Fsp3) is 0.0556. The van der Waals surface area contributed by atoms with E-state index >= 15 is 0 Å². The Kier molecular flexibility index (Phi) is 4.92. The summed E-state index contributed by atoms with van der Waals surface area (Å²) in [5.41, 5.74) is 3.27. The van der Waals surface area contributed by atoms with Crippen LogP contribution in [0.15, 0.2) is 65.8 Å². The van der Waals surface area contributed by atoms with Gasteiger partial charge in [-0.15, -0.1) is 11.8 Å². The number of benzene rings is 1. The minimum atomic E-state index is 0.573. The summed E-state index contributed by atoms with van der Waals surface area (Å²) in [6.07, 6.45) is 1.73. The van der Waals surface area contributed by atoms with Crippen molar-refractivity contribution in [3.05, 3.63) is 76.9 Å². The number of aromatic nitrogens is 2. The van der Waals surface area contributed by atoms with Crippen molar-refractivity contribution in [2.75, 3.05) is 0 Å². The molecule has 0 bridgehead atoms. The van der Waals surface area contributed by atoms with Gasteiger partial charge in [0.1, 0.15) is 11.1 Å². The first-order valence-electron chi connectivity index (χ1n) is 6.96. The van der Waals surface area contributed by atoms with Gasteiger partial charge in [0.2, 0.25) is 0 Å². The molecule has 0 unspecified atom stereocenters. The predicted octanol–water partition coefficient (Wildman–Crippen LogP) is 4.96. The molecule has 2 aromatic heterocycles. The van der Waals surface area contributed by atoms with E-state index in [2.05, 4.69) is 16.0 Å². The Bertz CT molecular complexity index is 842. The second-order valence-electron chi connectivity index (χ2n) is 4.79. The molecule has 112 valence electrons. The highest BCUT2D eigenvalue weighted by Gasteiger charge is 2.09. The molecular weight excluding hydrogens is 326 g/mol. The summed E-state index contributed by atoms with van der Waals surface area (Å²) in [7, 11) is 0. The first-order chi connectivity index (χ1) is 11.3. The molecule has 3 aromatic rings. The summed E-state index contributed by atoms with van der Waals surface area (Å²) in [6.45, 7) is 0. The molecule has 0 aliphatic heterocycles. The SMILES string of the molecule is N#Cc1ccc(-c2ccccn2)nc1SCc1ccc(Cl)cc1. The standard InChI is InChI=1S/C18H12ClN3S/c19-15-7-4-13(5-8-15)12-23-18-14(11-20)6-9-17(22-18)16-3-1-2-10-21-16/h1-10H,12H2. The Hall–Kier alpha value is -2.35. The molecule has 2 heterocycles. The average molecular weight is 338 g/mol. The Morgan fingerprint density at radius 1 is 1.00 bits per heavy atom. The molecule has 0 saturated carbocycles. The van der Waals surface area contributed by atoms with Gasteiger partial charge < -0.3 is 0 Å². The van der Waals surface area contributed by atoms with Crippen molar-refractivity contribution in [2.24, 2.45) is 0 Å². The van der Waals surface area contributed by atoms with Crippen LogP contribution in [0.25, 0.3) is 11.4 Å². The van der Waals surface area contributed by atoms with Crippen molar-refractivity contribution < 1.29 is 0 Å². The van der Waals surface area contributed by atoms with E-state index in [0.717, 1.165) is 22.7 Å². The molecule has 0 atom stereocenters. The van der Waals surface area contributed by atoms with Gasteiger partial charge in [0.15, 0.2) is 0 Å². The molecular formula is C18H12ClN3S. The van der Waals surface area contributed by atoms with Gasteiger partial charge in [-0.05, 0) is 42.0 Å². The fourth-order valence-electron chi connectivity index (χ4n) is 2.02. The van der Waals surface area contributed by atoms with E-state index in [-0.39, 0.29) is 0 Å². The number of pyridine rings is 2. The summed E-state index contributed by atoms with van der Waals surface area (Å²) in [6, 6.07) is 19.2. The number of rotatable bonds is 4.